The smallest absolute Gasteiger partial charge is 0.258 e. The first kappa shape index (κ1) is 13.9. The van der Waals surface area contributed by atoms with E-state index in [1.54, 1.807) is 6.92 Å². The van der Waals surface area contributed by atoms with E-state index < -0.39 is 11.7 Å². The first-order valence-corrected chi connectivity index (χ1v) is 5.77. The predicted molar refractivity (Wildman–Crippen MR) is 69.8 cm³/mol. The lowest BCUT2D eigenvalue weighted by atomic mass is 10.2. The maximum Gasteiger partial charge on any atom is 0.258 e. The SMILES string of the molecule is CCN(CC(N)=S)C(=O)c1c(F)cccc1Cl. The molecule has 0 aliphatic carbocycles. The van der Waals surface area contributed by atoms with Crippen molar-refractivity contribution in [2.45, 2.75) is 6.92 Å². The number of amides is 1. The summed E-state index contributed by atoms with van der Waals surface area (Å²) in [5, 5.41) is 0.0800. The second kappa shape index (κ2) is 5.93. The van der Waals surface area contributed by atoms with Crippen LogP contribution in [0.5, 0.6) is 0 Å². The summed E-state index contributed by atoms with van der Waals surface area (Å²) in [6.07, 6.45) is 0. The second-order valence-electron chi connectivity index (χ2n) is 3.38. The lowest BCUT2D eigenvalue weighted by molar-refractivity contribution is 0.0783. The lowest BCUT2D eigenvalue weighted by Crippen LogP contribution is -2.38. The fourth-order valence-corrected chi connectivity index (χ4v) is 1.78. The van der Waals surface area contributed by atoms with Crippen molar-refractivity contribution in [3.8, 4) is 0 Å². The number of nitrogens with zero attached hydrogens (tertiary/aromatic N) is 1. The van der Waals surface area contributed by atoms with Crippen molar-refractivity contribution in [2.24, 2.45) is 5.73 Å². The molecule has 0 heterocycles. The predicted octanol–water partition coefficient (Wildman–Crippen LogP) is 2.23. The molecule has 0 radical (unpaired) electrons. The van der Waals surface area contributed by atoms with Gasteiger partial charge in [0, 0.05) is 6.54 Å². The molecule has 1 amide bonds. The fourth-order valence-electron chi connectivity index (χ4n) is 1.38. The topological polar surface area (TPSA) is 46.3 Å². The van der Waals surface area contributed by atoms with Gasteiger partial charge in [-0.15, -0.1) is 0 Å². The highest BCUT2D eigenvalue weighted by molar-refractivity contribution is 7.80. The van der Waals surface area contributed by atoms with Gasteiger partial charge in [-0.3, -0.25) is 4.79 Å². The van der Waals surface area contributed by atoms with Gasteiger partial charge in [-0.05, 0) is 19.1 Å². The Morgan fingerprint density at radius 2 is 2.24 bits per heavy atom. The number of benzene rings is 1. The molecule has 0 fully saturated rings. The van der Waals surface area contributed by atoms with Crippen LogP contribution >= 0.6 is 23.8 Å². The van der Waals surface area contributed by atoms with Crippen molar-refractivity contribution < 1.29 is 9.18 Å². The van der Waals surface area contributed by atoms with E-state index in [4.69, 9.17) is 29.6 Å². The van der Waals surface area contributed by atoms with Crippen LogP contribution in [0.4, 0.5) is 4.39 Å². The molecule has 0 unspecified atom stereocenters. The molecule has 3 nitrogen and oxygen atoms in total. The second-order valence-corrected chi connectivity index (χ2v) is 4.31. The summed E-state index contributed by atoms with van der Waals surface area (Å²) in [6, 6.07) is 4.10. The molecular formula is C11H12ClFN2OS. The van der Waals surface area contributed by atoms with Crippen LogP contribution in [0.25, 0.3) is 0 Å². The molecule has 17 heavy (non-hydrogen) atoms. The van der Waals surface area contributed by atoms with E-state index in [2.05, 4.69) is 0 Å². The Kier molecular flexibility index (Phi) is 4.84. The van der Waals surface area contributed by atoms with Gasteiger partial charge in [0.15, 0.2) is 0 Å². The quantitative estimate of drug-likeness (QED) is 0.857. The van der Waals surface area contributed by atoms with Crippen LogP contribution < -0.4 is 5.73 Å². The van der Waals surface area contributed by atoms with Gasteiger partial charge in [0.2, 0.25) is 0 Å². The molecule has 1 aromatic carbocycles. The molecule has 0 aromatic heterocycles. The molecule has 0 bridgehead atoms. The summed E-state index contributed by atoms with van der Waals surface area (Å²) in [7, 11) is 0. The largest absolute Gasteiger partial charge is 0.392 e. The number of hydrogen-bond acceptors (Lipinski definition) is 2. The third kappa shape index (κ3) is 3.38. The van der Waals surface area contributed by atoms with E-state index in [1.807, 2.05) is 0 Å². The van der Waals surface area contributed by atoms with Crippen molar-refractivity contribution in [1.82, 2.24) is 4.90 Å². The zero-order valence-corrected chi connectivity index (χ0v) is 10.8. The highest BCUT2D eigenvalue weighted by Crippen LogP contribution is 2.20. The van der Waals surface area contributed by atoms with Crippen molar-refractivity contribution in [1.29, 1.82) is 0 Å². The Hall–Kier alpha value is -1.20. The molecule has 0 saturated carbocycles. The van der Waals surface area contributed by atoms with Gasteiger partial charge in [-0.1, -0.05) is 29.9 Å². The summed E-state index contributed by atoms with van der Waals surface area (Å²) in [5.41, 5.74) is 5.23. The van der Waals surface area contributed by atoms with E-state index in [-0.39, 0.29) is 22.1 Å². The van der Waals surface area contributed by atoms with Crippen LogP contribution in [0, 0.1) is 5.82 Å². The average Bonchev–Trinajstić information content (AvgIpc) is 2.25. The Bertz CT molecular complexity index is 433. The normalized spacial score (nSPS) is 10.1. The highest BCUT2D eigenvalue weighted by atomic mass is 35.5. The number of nitrogens with two attached hydrogens (primary N) is 1. The summed E-state index contributed by atoms with van der Waals surface area (Å²) < 4.78 is 13.5. The van der Waals surface area contributed by atoms with Crippen molar-refractivity contribution in [2.75, 3.05) is 13.1 Å². The number of carbonyl (C=O) groups is 1. The third-order valence-electron chi connectivity index (χ3n) is 2.19. The summed E-state index contributed by atoms with van der Waals surface area (Å²) >= 11 is 10.5. The van der Waals surface area contributed by atoms with Gasteiger partial charge < -0.3 is 10.6 Å². The van der Waals surface area contributed by atoms with Gasteiger partial charge in [0.05, 0.1) is 22.1 Å². The number of carbonyl (C=O) groups excluding carboxylic acids is 1. The van der Waals surface area contributed by atoms with Gasteiger partial charge in [-0.2, -0.15) is 0 Å². The van der Waals surface area contributed by atoms with E-state index >= 15 is 0 Å². The van der Waals surface area contributed by atoms with Gasteiger partial charge in [-0.25, -0.2) is 4.39 Å². The Morgan fingerprint density at radius 1 is 1.59 bits per heavy atom. The molecule has 0 saturated heterocycles. The highest BCUT2D eigenvalue weighted by Gasteiger charge is 2.21. The first-order chi connectivity index (χ1) is 7.97. The molecule has 92 valence electrons. The Morgan fingerprint density at radius 3 is 2.71 bits per heavy atom. The summed E-state index contributed by atoms with van der Waals surface area (Å²) in [6.45, 7) is 2.24. The van der Waals surface area contributed by atoms with E-state index in [9.17, 15) is 9.18 Å². The molecule has 2 N–H and O–H groups in total. The van der Waals surface area contributed by atoms with Crippen LogP contribution in [0.1, 0.15) is 17.3 Å². The molecule has 0 spiro atoms. The van der Waals surface area contributed by atoms with Crippen LogP contribution in [0.15, 0.2) is 18.2 Å². The van der Waals surface area contributed by atoms with Crippen molar-refractivity contribution in [3.05, 3.63) is 34.6 Å². The minimum Gasteiger partial charge on any atom is -0.392 e. The van der Waals surface area contributed by atoms with Gasteiger partial charge in [0.1, 0.15) is 5.82 Å². The zero-order chi connectivity index (χ0) is 13.0. The molecule has 1 rings (SSSR count). The number of halogens is 2. The van der Waals surface area contributed by atoms with E-state index in [0.29, 0.717) is 6.54 Å². The van der Waals surface area contributed by atoms with Crippen molar-refractivity contribution >= 4 is 34.7 Å². The molecule has 0 aliphatic rings. The zero-order valence-electron chi connectivity index (χ0n) is 9.24. The Balaban J connectivity index is 3.06. The van der Waals surface area contributed by atoms with Crippen molar-refractivity contribution in [3.63, 3.8) is 0 Å². The summed E-state index contributed by atoms with van der Waals surface area (Å²) in [5.74, 6) is -1.16. The van der Waals surface area contributed by atoms with Gasteiger partial charge in [0.25, 0.3) is 5.91 Å². The fraction of sp³-hybridized carbons (Fsp3) is 0.273. The average molecular weight is 275 g/mol. The van der Waals surface area contributed by atoms with E-state index in [0.717, 1.165) is 0 Å². The first-order valence-electron chi connectivity index (χ1n) is 4.99. The molecular weight excluding hydrogens is 263 g/mol. The van der Waals surface area contributed by atoms with Gasteiger partial charge >= 0.3 is 0 Å². The van der Waals surface area contributed by atoms with Crippen LogP contribution in [-0.4, -0.2) is 28.9 Å². The molecule has 1 aromatic rings. The number of likely N-dealkylation sites (N-methyl/N-ethyl adjacent to an activating group) is 1. The standard InChI is InChI=1S/C11H12ClFN2OS/c1-2-15(6-9(14)17)11(16)10-7(12)4-3-5-8(10)13/h3-5H,2,6H2,1H3,(H2,14,17). The van der Waals surface area contributed by atoms with Crippen LogP contribution in [0.3, 0.4) is 0 Å². The van der Waals surface area contributed by atoms with E-state index in [1.165, 1.54) is 23.1 Å². The molecule has 0 aliphatic heterocycles. The minimum absolute atomic E-state index is 0.0800. The number of rotatable bonds is 4. The molecule has 0 atom stereocenters. The minimum atomic E-state index is -0.649. The van der Waals surface area contributed by atoms with Crippen LogP contribution in [-0.2, 0) is 0 Å². The maximum atomic E-state index is 13.5. The molecule has 6 heteroatoms. The summed E-state index contributed by atoms with van der Waals surface area (Å²) in [4.78, 5) is 13.6. The lowest BCUT2D eigenvalue weighted by Gasteiger charge is -2.20. The number of hydrogen-bond donors (Lipinski definition) is 1. The monoisotopic (exact) mass is 274 g/mol. The third-order valence-corrected chi connectivity index (χ3v) is 2.64. The Labute approximate surface area is 109 Å². The maximum absolute atomic E-state index is 13.5. The number of thiocarbonyl (C=S) groups is 1. The van der Waals surface area contributed by atoms with Crippen LogP contribution in [0.2, 0.25) is 5.02 Å².